The number of carbonyl (C=O) groups excluding carboxylic acids is 2. The van der Waals surface area contributed by atoms with Crippen LogP contribution in [0.5, 0.6) is 11.5 Å². The summed E-state index contributed by atoms with van der Waals surface area (Å²) in [7, 11) is 0. The van der Waals surface area contributed by atoms with E-state index in [1.165, 1.54) is 0 Å². The van der Waals surface area contributed by atoms with E-state index in [-0.39, 0.29) is 11.1 Å². The van der Waals surface area contributed by atoms with Gasteiger partial charge in [0.2, 0.25) is 0 Å². The van der Waals surface area contributed by atoms with Gasteiger partial charge in [0, 0.05) is 0 Å². The molecule has 2 amide bonds. The summed E-state index contributed by atoms with van der Waals surface area (Å²) >= 11 is 0. The average molecular weight is 251 g/mol. The first-order valence-corrected chi connectivity index (χ1v) is 5.34. The molecule has 2 rings (SSSR count). The van der Waals surface area contributed by atoms with Gasteiger partial charge in [-0.05, 0) is 32.9 Å². The molecule has 18 heavy (non-hydrogen) atoms. The number of phenols is 2. The summed E-state index contributed by atoms with van der Waals surface area (Å²) in [5, 5.41) is 19.3. The number of hydroxylamine groups is 2. The fraction of sp³-hybridized carbons (Fsp3) is 0.333. The van der Waals surface area contributed by atoms with E-state index < -0.39 is 28.9 Å². The molecule has 1 aliphatic heterocycles. The molecule has 0 radical (unpaired) electrons. The zero-order chi connectivity index (χ0) is 13.7. The number of hydrogen-bond acceptors (Lipinski definition) is 5. The predicted octanol–water partition coefficient (Wildman–Crippen LogP) is 1.42. The lowest BCUT2D eigenvalue weighted by Gasteiger charge is -2.24. The molecule has 0 spiro atoms. The van der Waals surface area contributed by atoms with Gasteiger partial charge in [-0.1, -0.05) is 0 Å². The van der Waals surface area contributed by atoms with Gasteiger partial charge in [0.25, 0.3) is 11.8 Å². The van der Waals surface area contributed by atoms with Crippen molar-refractivity contribution in [2.24, 2.45) is 0 Å². The van der Waals surface area contributed by atoms with Gasteiger partial charge in [-0.3, -0.25) is 14.4 Å². The van der Waals surface area contributed by atoms with Crippen LogP contribution in [0, 0.1) is 0 Å². The molecule has 2 N–H and O–H groups in total. The van der Waals surface area contributed by atoms with Crippen molar-refractivity contribution in [2.45, 2.75) is 26.4 Å². The van der Waals surface area contributed by atoms with Crippen molar-refractivity contribution in [3.63, 3.8) is 0 Å². The molecule has 0 saturated heterocycles. The van der Waals surface area contributed by atoms with Gasteiger partial charge in [0.1, 0.15) is 0 Å². The number of aromatic hydroxyl groups is 2. The van der Waals surface area contributed by atoms with Crippen molar-refractivity contribution in [2.75, 3.05) is 0 Å². The minimum atomic E-state index is -0.711. The Hall–Kier alpha value is -2.08. The Kier molecular flexibility index (Phi) is 2.55. The van der Waals surface area contributed by atoms with Crippen LogP contribution >= 0.6 is 0 Å². The van der Waals surface area contributed by atoms with E-state index in [9.17, 15) is 19.8 Å². The quantitative estimate of drug-likeness (QED) is 0.582. The number of carbonyl (C=O) groups is 2. The van der Waals surface area contributed by atoms with Crippen molar-refractivity contribution in [1.29, 1.82) is 0 Å². The van der Waals surface area contributed by atoms with Crippen LogP contribution in [0.2, 0.25) is 0 Å². The van der Waals surface area contributed by atoms with Gasteiger partial charge in [-0.2, -0.15) is 0 Å². The zero-order valence-corrected chi connectivity index (χ0v) is 10.2. The summed E-state index contributed by atoms with van der Waals surface area (Å²) in [6, 6.07) is 2.10. The normalized spacial score (nSPS) is 15.2. The first-order valence-electron chi connectivity index (χ1n) is 5.34. The molecule has 0 aliphatic carbocycles. The molecule has 6 nitrogen and oxygen atoms in total. The van der Waals surface area contributed by atoms with Crippen molar-refractivity contribution in [3.05, 3.63) is 23.3 Å². The van der Waals surface area contributed by atoms with E-state index in [0.717, 1.165) is 12.1 Å². The number of phenolic OH excluding ortho intramolecular Hbond substituents is 2. The molecule has 0 bridgehead atoms. The monoisotopic (exact) mass is 251 g/mol. The molecular formula is C12H13NO5. The highest BCUT2D eigenvalue weighted by Crippen LogP contribution is 2.34. The lowest BCUT2D eigenvalue weighted by Crippen LogP contribution is -2.37. The van der Waals surface area contributed by atoms with Gasteiger partial charge in [0.05, 0.1) is 16.7 Å². The highest BCUT2D eigenvalue weighted by atomic mass is 16.7. The van der Waals surface area contributed by atoms with Crippen molar-refractivity contribution in [1.82, 2.24) is 5.06 Å². The number of nitrogens with zero attached hydrogens (tertiary/aromatic N) is 1. The van der Waals surface area contributed by atoms with E-state index in [2.05, 4.69) is 0 Å². The summed E-state index contributed by atoms with van der Waals surface area (Å²) in [5.41, 5.74) is -0.684. The van der Waals surface area contributed by atoms with Crippen molar-refractivity contribution in [3.8, 4) is 11.5 Å². The minimum Gasteiger partial charge on any atom is -0.504 e. The summed E-state index contributed by atoms with van der Waals surface area (Å²) in [5.74, 6) is -2.21. The Labute approximate surface area is 103 Å². The molecule has 1 heterocycles. The molecule has 96 valence electrons. The number of imide groups is 1. The maximum atomic E-state index is 11.9. The van der Waals surface area contributed by atoms with E-state index >= 15 is 0 Å². The second-order valence-electron chi connectivity index (χ2n) is 4.99. The Morgan fingerprint density at radius 3 is 1.72 bits per heavy atom. The van der Waals surface area contributed by atoms with Gasteiger partial charge >= 0.3 is 0 Å². The fourth-order valence-corrected chi connectivity index (χ4v) is 1.60. The van der Waals surface area contributed by atoms with E-state index in [0.29, 0.717) is 5.06 Å². The Balaban J connectivity index is 2.44. The maximum absolute atomic E-state index is 11.9. The number of rotatable bonds is 1. The smallest absolute Gasteiger partial charge is 0.286 e. The number of hydrogen-bond donors (Lipinski definition) is 2. The lowest BCUT2D eigenvalue weighted by molar-refractivity contribution is -0.165. The minimum absolute atomic E-state index is 0.0135. The highest BCUT2D eigenvalue weighted by molar-refractivity contribution is 6.21. The molecule has 1 aliphatic rings. The van der Waals surface area contributed by atoms with Gasteiger partial charge in [-0.15, -0.1) is 5.06 Å². The number of benzene rings is 1. The predicted molar refractivity (Wildman–Crippen MR) is 61.1 cm³/mol. The van der Waals surface area contributed by atoms with Gasteiger partial charge in [-0.25, -0.2) is 0 Å². The summed E-state index contributed by atoms with van der Waals surface area (Å²) < 4.78 is 0. The lowest BCUT2D eigenvalue weighted by atomic mass is 10.1. The third-order valence-electron chi connectivity index (χ3n) is 2.31. The molecule has 0 aromatic heterocycles. The van der Waals surface area contributed by atoms with Crippen LogP contribution in [0.15, 0.2) is 12.1 Å². The topological polar surface area (TPSA) is 87.1 Å². The van der Waals surface area contributed by atoms with E-state index in [4.69, 9.17) is 4.84 Å². The van der Waals surface area contributed by atoms with Crippen LogP contribution < -0.4 is 0 Å². The molecule has 1 aromatic rings. The summed E-state index contributed by atoms with van der Waals surface area (Å²) in [4.78, 5) is 29.1. The largest absolute Gasteiger partial charge is 0.504 e. The number of fused-ring (bicyclic) bond motifs is 1. The molecule has 0 atom stereocenters. The summed E-state index contributed by atoms with van der Waals surface area (Å²) in [6.45, 7) is 5.10. The second kappa shape index (κ2) is 3.71. The van der Waals surface area contributed by atoms with Crippen LogP contribution in [0.3, 0.4) is 0 Å². The molecule has 0 unspecified atom stereocenters. The average Bonchev–Trinajstić information content (AvgIpc) is 2.44. The second-order valence-corrected chi connectivity index (χ2v) is 4.99. The van der Waals surface area contributed by atoms with Crippen LogP contribution in [0.4, 0.5) is 0 Å². The van der Waals surface area contributed by atoms with E-state index in [1.54, 1.807) is 20.8 Å². The fourth-order valence-electron chi connectivity index (χ4n) is 1.60. The van der Waals surface area contributed by atoms with Gasteiger partial charge in [0.15, 0.2) is 11.5 Å². The molecule has 1 aromatic carbocycles. The third-order valence-corrected chi connectivity index (χ3v) is 2.31. The van der Waals surface area contributed by atoms with Crippen LogP contribution in [0.25, 0.3) is 0 Å². The van der Waals surface area contributed by atoms with E-state index in [1.807, 2.05) is 0 Å². The highest BCUT2D eigenvalue weighted by Gasteiger charge is 2.40. The first kappa shape index (κ1) is 12.4. The molecular weight excluding hydrogens is 238 g/mol. The molecule has 0 saturated carbocycles. The number of amides is 2. The van der Waals surface area contributed by atoms with Crippen LogP contribution in [-0.2, 0) is 4.84 Å². The Morgan fingerprint density at radius 2 is 1.39 bits per heavy atom. The Bertz CT molecular complexity index is 503. The zero-order valence-electron chi connectivity index (χ0n) is 10.2. The van der Waals surface area contributed by atoms with Crippen LogP contribution in [0.1, 0.15) is 41.5 Å². The van der Waals surface area contributed by atoms with Crippen molar-refractivity contribution >= 4 is 11.8 Å². The Morgan fingerprint density at radius 1 is 1.00 bits per heavy atom. The summed E-state index contributed by atoms with van der Waals surface area (Å²) in [6.07, 6.45) is 0. The van der Waals surface area contributed by atoms with Crippen LogP contribution in [-0.4, -0.2) is 32.7 Å². The van der Waals surface area contributed by atoms with Crippen molar-refractivity contribution < 1.29 is 24.6 Å². The first-order chi connectivity index (χ1) is 8.20. The van der Waals surface area contributed by atoms with Gasteiger partial charge < -0.3 is 10.2 Å². The standard InChI is InChI=1S/C12H13NO5/c1-12(2,3)18-13-10(16)6-4-8(14)9(15)5-7(6)11(13)17/h4-5,14-15H,1-3H3. The maximum Gasteiger partial charge on any atom is 0.286 e. The SMILES string of the molecule is CC(C)(C)ON1C(=O)c2cc(O)c(O)cc2C1=O. The molecule has 6 heteroatoms. The third kappa shape index (κ3) is 1.91. The molecule has 0 fully saturated rings.